The van der Waals surface area contributed by atoms with Gasteiger partial charge >= 0.3 is 0 Å². The summed E-state index contributed by atoms with van der Waals surface area (Å²) in [7, 11) is 1.73. The molecule has 0 saturated heterocycles. The number of benzene rings is 1. The largest absolute Gasteiger partial charge is 0.497 e. The third-order valence-electron chi connectivity index (χ3n) is 4.09. The number of rotatable bonds is 2. The number of thiophene rings is 1. The molecule has 1 aliphatic rings. The van der Waals surface area contributed by atoms with E-state index >= 15 is 0 Å². The lowest BCUT2D eigenvalue weighted by Gasteiger charge is -2.25. The first-order valence-electron chi connectivity index (χ1n) is 6.84. The molecule has 2 atom stereocenters. The van der Waals surface area contributed by atoms with Crippen molar-refractivity contribution in [3.8, 4) is 5.75 Å². The highest BCUT2D eigenvalue weighted by molar-refractivity contribution is 7.19. The Labute approximate surface area is 113 Å². The molecule has 2 heteroatoms. The van der Waals surface area contributed by atoms with E-state index < -0.39 is 0 Å². The fourth-order valence-electron chi connectivity index (χ4n) is 3.05. The van der Waals surface area contributed by atoms with Crippen LogP contribution in [0, 0.1) is 5.92 Å². The van der Waals surface area contributed by atoms with Gasteiger partial charge in [0, 0.05) is 9.58 Å². The molecule has 3 rings (SSSR count). The van der Waals surface area contributed by atoms with Gasteiger partial charge in [0.25, 0.3) is 0 Å². The Bertz CT molecular complexity index is 543. The maximum atomic E-state index is 5.30. The minimum absolute atomic E-state index is 0.789. The molecule has 1 aromatic carbocycles. The fraction of sp³-hybridized carbons (Fsp3) is 0.500. The average Bonchev–Trinajstić information content (AvgIpc) is 2.81. The second-order valence-corrected chi connectivity index (χ2v) is 6.64. The highest BCUT2D eigenvalue weighted by atomic mass is 32.1. The minimum Gasteiger partial charge on any atom is -0.497 e. The summed E-state index contributed by atoms with van der Waals surface area (Å²) >= 11 is 1.96. The summed E-state index contributed by atoms with van der Waals surface area (Å²) in [5.41, 5.74) is 0. The topological polar surface area (TPSA) is 9.23 Å². The summed E-state index contributed by atoms with van der Waals surface area (Å²) in [6.45, 7) is 2.39. The molecule has 0 bridgehead atoms. The first-order valence-corrected chi connectivity index (χ1v) is 7.65. The summed E-state index contributed by atoms with van der Waals surface area (Å²) in [6, 6.07) is 8.79. The van der Waals surface area contributed by atoms with Crippen molar-refractivity contribution < 1.29 is 4.74 Å². The van der Waals surface area contributed by atoms with Crippen LogP contribution in [0.3, 0.4) is 0 Å². The summed E-state index contributed by atoms with van der Waals surface area (Å²) < 4.78 is 6.66. The zero-order valence-electron chi connectivity index (χ0n) is 11.1. The fourth-order valence-corrected chi connectivity index (χ4v) is 4.29. The Balaban J connectivity index is 1.92. The molecule has 1 saturated carbocycles. The molecule has 0 amide bonds. The van der Waals surface area contributed by atoms with Crippen molar-refractivity contribution in [3.05, 3.63) is 29.1 Å². The maximum absolute atomic E-state index is 5.30. The van der Waals surface area contributed by atoms with Crippen LogP contribution in [0.5, 0.6) is 5.75 Å². The quantitative estimate of drug-likeness (QED) is 0.720. The summed E-state index contributed by atoms with van der Waals surface area (Å²) in [4.78, 5) is 1.57. The summed E-state index contributed by atoms with van der Waals surface area (Å²) in [5.74, 6) is 2.65. The van der Waals surface area contributed by atoms with Crippen LogP contribution in [0.1, 0.15) is 43.4 Å². The SMILES string of the molecule is COc1ccc2cc(C3CCCC(C)C3)sc2c1. The van der Waals surface area contributed by atoms with Crippen molar-refractivity contribution in [3.63, 3.8) is 0 Å². The van der Waals surface area contributed by atoms with Crippen molar-refractivity contribution in [1.29, 1.82) is 0 Å². The van der Waals surface area contributed by atoms with Crippen LogP contribution in [0.2, 0.25) is 0 Å². The predicted octanol–water partition coefficient (Wildman–Crippen LogP) is 5.20. The molecule has 96 valence electrons. The summed E-state index contributed by atoms with van der Waals surface area (Å²) in [5, 5.41) is 1.37. The standard InChI is InChI=1S/C16H20OS/c1-11-4-3-5-12(8-11)15-9-13-6-7-14(17-2)10-16(13)18-15/h6-7,9-12H,3-5,8H2,1-2H3. The van der Waals surface area contributed by atoms with E-state index in [1.807, 2.05) is 11.3 Å². The van der Waals surface area contributed by atoms with Crippen molar-refractivity contribution >= 4 is 21.4 Å². The molecular formula is C16H20OS. The molecule has 0 N–H and O–H groups in total. The van der Waals surface area contributed by atoms with Crippen LogP contribution < -0.4 is 4.74 Å². The minimum atomic E-state index is 0.789. The normalized spacial score (nSPS) is 24.3. The van der Waals surface area contributed by atoms with Crippen molar-refractivity contribution in [2.75, 3.05) is 7.11 Å². The highest BCUT2D eigenvalue weighted by Crippen LogP contribution is 2.41. The number of ether oxygens (including phenoxy) is 1. The van der Waals surface area contributed by atoms with Crippen molar-refractivity contribution in [2.24, 2.45) is 5.92 Å². The van der Waals surface area contributed by atoms with Gasteiger partial charge in [0.15, 0.2) is 0 Å². The van der Waals surface area contributed by atoms with Gasteiger partial charge in [0.2, 0.25) is 0 Å². The Kier molecular flexibility index (Phi) is 3.29. The molecular weight excluding hydrogens is 240 g/mol. The van der Waals surface area contributed by atoms with Gasteiger partial charge in [0.1, 0.15) is 5.75 Å². The van der Waals surface area contributed by atoms with E-state index in [1.54, 1.807) is 12.0 Å². The molecule has 0 radical (unpaired) electrons. The second kappa shape index (κ2) is 4.93. The lowest BCUT2D eigenvalue weighted by molar-refractivity contribution is 0.347. The van der Waals surface area contributed by atoms with Crippen molar-refractivity contribution in [2.45, 2.75) is 38.5 Å². The Hall–Kier alpha value is -1.02. The monoisotopic (exact) mass is 260 g/mol. The van der Waals surface area contributed by atoms with E-state index in [1.165, 1.54) is 35.8 Å². The van der Waals surface area contributed by atoms with Crippen molar-refractivity contribution in [1.82, 2.24) is 0 Å². The summed E-state index contributed by atoms with van der Waals surface area (Å²) in [6.07, 6.45) is 5.54. The van der Waals surface area contributed by atoms with E-state index in [0.717, 1.165) is 17.6 Å². The molecule has 18 heavy (non-hydrogen) atoms. The van der Waals surface area contributed by atoms with Gasteiger partial charge in [-0.1, -0.05) is 19.8 Å². The van der Waals surface area contributed by atoms with E-state index in [-0.39, 0.29) is 0 Å². The van der Waals surface area contributed by atoms with E-state index in [4.69, 9.17) is 4.74 Å². The van der Waals surface area contributed by atoms with Crippen LogP contribution in [-0.4, -0.2) is 7.11 Å². The molecule has 1 heterocycles. The first kappa shape index (κ1) is 12.0. The molecule has 0 spiro atoms. The van der Waals surface area contributed by atoms with Gasteiger partial charge in [-0.05, 0) is 54.3 Å². The molecule has 1 fully saturated rings. The molecule has 2 unspecified atom stereocenters. The van der Waals surface area contributed by atoms with E-state index in [2.05, 4.69) is 31.2 Å². The van der Waals surface area contributed by atoms with Gasteiger partial charge in [-0.15, -0.1) is 11.3 Å². The molecule has 1 aromatic heterocycles. The zero-order chi connectivity index (χ0) is 12.5. The lowest BCUT2D eigenvalue weighted by Crippen LogP contribution is -2.10. The molecule has 2 aromatic rings. The molecule has 1 aliphatic carbocycles. The number of hydrogen-bond donors (Lipinski definition) is 0. The average molecular weight is 260 g/mol. The van der Waals surface area contributed by atoms with Crippen LogP contribution in [0.15, 0.2) is 24.3 Å². The number of hydrogen-bond acceptors (Lipinski definition) is 2. The smallest absolute Gasteiger partial charge is 0.120 e. The van der Waals surface area contributed by atoms with Crippen LogP contribution in [-0.2, 0) is 0 Å². The van der Waals surface area contributed by atoms with Gasteiger partial charge in [0.05, 0.1) is 7.11 Å². The molecule has 1 nitrogen and oxygen atoms in total. The molecule has 0 aliphatic heterocycles. The van der Waals surface area contributed by atoms with Gasteiger partial charge in [-0.2, -0.15) is 0 Å². The predicted molar refractivity (Wildman–Crippen MR) is 78.8 cm³/mol. The highest BCUT2D eigenvalue weighted by Gasteiger charge is 2.21. The number of fused-ring (bicyclic) bond motifs is 1. The second-order valence-electron chi connectivity index (χ2n) is 5.52. The van der Waals surface area contributed by atoms with E-state index in [9.17, 15) is 0 Å². The first-order chi connectivity index (χ1) is 8.76. The van der Waals surface area contributed by atoms with Gasteiger partial charge in [-0.3, -0.25) is 0 Å². The van der Waals surface area contributed by atoms with E-state index in [0.29, 0.717) is 0 Å². The third-order valence-corrected chi connectivity index (χ3v) is 5.35. The Morgan fingerprint density at radius 2 is 2.11 bits per heavy atom. The van der Waals surface area contributed by atoms with Crippen LogP contribution >= 0.6 is 11.3 Å². The lowest BCUT2D eigenvalue weighted by atomic mass is 9.82. The van der Waals surface area contributed by atoms with Gasteiger partial charge < -0.3 is 4.74 Å². The Morgan fingerprint density at radius 3 is 2.89 bits per heavy atom. The zero-order valence-corrected chi connectivity index (χ0v) is 11.9. The van der Waals surface area contributed by atoms with Crippen LogP contribution in [0.25, 0.3) is 10.1 Å². The maximum Gasteiger partial charge on any atom is 0.120 e. The third kappa shape index (κ3) is 2.26. The number of methoxy groups -OCH3 is 1. The Morgan fingerprint density at radius 1 is 1.22 bits per heavy atom. The van der Waals surface area contributed by atoms with Crippen LogP contribution in [0.4, 0.5) is 0 Å². The van der Waals surface area contributed by atoms with Gasteiger partial charge in [-0.25, -0.2) is 0 Å².